The highest BCUT2D eigenvalue weighted by Crippen LogP contribution is 2.07. The lowest BCUT2D eigenvalue weighted by molar-refractivity contribution is 1.50. The van der Waals surface area contributed by atoms with E-state index in [-0.39, 0.29) is 0 Å². The predicted octanol–water partition coefficient (Wildman–Crippen LogP) is 3.92. The summed E-state index contributed by atoms with van der Waals surface area (Å²) in [6, 6.07) is 8.40. The molecule has 1 aromatic carbocycles. The van der Waals surface area contributed by atoms with Gasteiger partial charge in [-0.1, -0.05) is 13.8 Å². The van der Waals surface area contributed by atoms with Crippen LogP contribution < -0.4 is 0 Å². The van der Waals surface area contributed by atoms with Crippen LogP contribution in [0.3, 0.4) is 0 Å². The molecule has 0 N–H and O–H groups in total. The van der Waals surface area contributed by atoms with Crippen LogP contribution in [-0.4, -0.2) is 0 Å². The Bertz CT molecular complexity index is 146. The second-order valence-corrected chi connectivity index (χ2v) is 3.93. The average molecular weight is 360 g/mol. The molecule has 0 amide bonds. The second kappa shape index (κ2) is 6.39. The first kappa shape index (κ1) is 10.7. The smallest absolute Gasteiger partial charge is 0.0131 e. The van der Waals surface area contributed by atoms with E-state index in [0.29, 0.717) is 0 Å². The fourth-order valence-electron chi connectivity index (χ4n) is 0.430. The molecule has 0 atom stereocenters. The van der Waals surface area contributed by atoms with Crippen molar-refractivity contribution in [2.75, 3.05) is 0 Å². The zero-order chi connectivity index (χ0) is 7.98. The molecule has 1 aromatic rings. The Balaban J connectivity index is 0.000000371. The van der Waals surface area contributed by atoms with E-state index in [2.05, 4.69) is 69.4 Å². The minimum absolute atomic E-state index is 1.29. The molecule has 0 spiro atoms. The van der Waals surface area contributed by atoms with Crippen LogP contribution in [-0.2, 0) is 0 Å². The largest absolute Gasteiger partial charge is 0.0683 e. The minimum Gasteiger partial charge on any atom is -0.0683 e. The van der Waals surface area contributed by atoms with Crippen LogP contribution in [0.25, 0.3) is 0 Å². The van der Waals surface area contributed by atoms with Crippen LogP contribution in [0.5, 0.6) is 0 Å². The zero-order valence-electron chi connectivity index (χ0n) is 6.07. The molecule has 1 rings (SSSR count). The number of hydrogen-bond acceptors (Lipinski definition) is 0. The summed E-state index contributed by atoms with van der Waals surface area (Å²) in [7, 11) is 0. The molecule has 0 aliphatic rings. The maximum atomic E-state index is 2.29. The third kappa shape index (κ3) is 4.49. The maximum Gasteiger partial charge on any atom is 0.0131 e. The fourth-order valence-corrected chi connectivity index (χ4v) is 1.15. The van der Waals surface area contributed by atoms with E-state index in [4.69, 9.17) is 0 Å². The van der Waals surface area contributed by atoms with Crippen LogP contribution in [0.1, 0.15) is 13.8 Å². The van der Waals surface area contributed by atoms with E-state index in [1.54, 1.807) is 0 Å². The molecule has 0 radical (unpaired) electrons. The fraction of sp³-hybridized carbons (Fsp3) is 0.250. The third-order valence-electron chi connectivity index (χ3n) is 0.804. The van der Waals surface area contributed by atoms with Gasteiger partial charge in [0.05, 0.1) is 0 Å². The highest BCUT2D eigenvalue weighted by atomic mass is 127. The average Bonchev–Trinajstić information content (AvgIpc) is 2.00. The molecule has 0 heterocycles. The van der Waals surface area contributed by atoms with Crippen molar-refractivity contribution in [1.29, 1.82) is 0 Å². The van der Waals surface area contributed by atoms with Gasteiger partial charge in [-0.25, -0.2) is 0 Å². The summed E-state index contributed by atoms with van der Waals surface area (Å²) in [5.74, 6) is 0. The molecule has 0 bridgehead atoms. The number of rotatable bonds is 0. The molecule has 0 saturated heterocycles. The van der Waals surface area contributed by atoms with Crippen molar-refractivity contribution in [3.05, 3.63) is 31.4 Å². The van der Waals surface area contributed by atoms with E-state index in [1.807, 2.05) is 13.8 Å². The Morgan fingerprint density at radius 2 is 1.00 bits per heavy atom. The van der Waals surface area contributed by atoms with Gasteiger partial charge in [-0.2, -0.15) is 0 Å². The van der Waals surface area contributed by atoms with Gasteiger partial charge in [0.15, 0.2) is 0 Å². The summed E-state index contributed by atoms with van der Waals surface area (Å²) in [6.45, 7) is 4.00. The van der Waals surface area contributed by atoms with Crippen molar-refractivity contribution < 1.29 is 0 Å². The first-order valence-electron chi connectivity index (χ1n) is 3.20. The first-order valence-corrected chi connectivity index (χ1v) is 5.36. The van der Waals surface area contributed by atoms with Crippen LogP contribution in [0.4, 0.5) is 0 Å². The Hall–Kier alpha value is 0.680. The van der Waals surface area contributed by atoms with Gasteiger partial charge in [0.25, 0.3) is 0 Å². The van der Waals surface area contributed by atoms with Gasteiger partial charge in [0.1, 0.15) is 0 Å². The summed E-state index contributed by atoms with van der Waals surface area (Å²) in [6.07, 6.45) is 0. The van der Waals surface area contributed by atoms with Gasteiger partial charge in [-0.15, -0.1) is 0 Å². The lowest BCUT2D eigenvalue weighted by Gasteiger charge is -1.87. The van der Waals surface area contributed by atoms with Gasteiger partial charge in [-0.05, 0) is 69.4 Å². The Morgan fingerprint density at radius 3 is 1.20 bits per heavy atom. The zero-order valence-corrected chi connectivity index (χ0v) is 10.4. The van der Waals surface area contributed by atoms with E-state index < -0.39 is 0 Å². The van der Waals surface area contributed by atoms with Crippen molar-refractivity contribution >= 4 is 45.2 Å². The topological polar surface area (TPSA) is 0 Å². The molecule has 0 unspecified atom stereocenters. The van der Waals surface area contributed by atoms with E-state index in [9.17, 15) is 0 Å². The van der Waals surface area contributed by atoms with E-state index in [0.717, 1.165) is 0 Å². The van der Waals surface area contributed by atoms with Gasteiger partial charge >= 0.3 is 0 Å². The second-order valence-electron chi connectivity index (χ2n) is 1.44. The number of halogens is 2. The summed E-state index contributed by atoms with van der Waals surface area (Å²) in [5, 5.41) is 0. The van der Waals surface area contributed by atoms with Gasteiger partial charge < -0.3 is 0 Å². The number of benzene rings is 1. The van der Waals surface area contributed by atoms with E-state index >= 15 is 0 Å². The van der Waals surface area contributed by atoms with Gasteiger partial charge in [0.2, 0.25) is 0 Å². The highest BCUT2D eigenvalue weighted by molar-refractivity contribution is 14.1. The molecule has 2 heteroatoms. The van der Waals surface area contributed by atoms with Crippen LogP contribution in [0.2, 0.25) is 0 Å². The third-order valence-corrected chi connectivity index (χ3v) is 2.24. The molecule has 56 valence electrons. The SMILES string of the molecule is CC.Ic1ccc(I)cc1. The maximum absolute atomic E-state index is 2.29. The summed E-state index contributed by atoms with van der Waals surface area (Å²) in [4.78, 5) is 0. The normalized spacial score (nSPS) is 8.00. The molecule has 0 nitrogen and oxygen atoms in total. The molecule has 0 aliphatic carbocycles. The molecular formula is C8H10I2. The van der Waals surface area contributed by atoms with Crippen LogP contribution in [0, 0.1) is 7.14 Å². The predicted molar refractivity (Wildman–Crippen MR) is 63.2 cm³/mol. The quantitative estimate of drug-likeness (QED) is 0.616. The lowest BCUT2D eigenvalue weighted by atomic mass is 10.4. The first-order chi connectivity index (χ1) is 4.79. The molecule has 0 fully saturated rings. The van der Waals surface area contributed by atoms with Crippen molar-refractivity contribution in [3.8, 4) is 0 Å². The van der Waals surface area contributed by atoms with Gasteiger partial charge in [0, 0.05) is 7.14 Å². The molecule has 0 aliphatic heterocycles. The summed E-state index contributed by atoms with van der Waals surface area (Å²) < 4.78 is 2.59. The molecule has 10 heavy (non-hydrogen) atoms. The Kier molecular flexibility index (Phi) is 6.83. The van der Waals surface area contributed by atoms with Crippen molar-refractivity contribution in [3.63, 3.8) is 0 Å². The standard InChI is InChI=1S/C6H4I2.C2H6/c7-5-1-2-6(8)4-3-5;1-2/h1-4H;1-2H3. The number of hydrogen-bond donors (Lipinski definition) is 0. The van der Waals surface area contributed by atoms with Crippen LogP contribution >= 0.6 is 45.2 Å². The van der Waals surface area contributed by atoms with E-state index in [1.165, 1.54) is 7.14 Å². The summed E-state index contributed by atoms with van der Waals surface area (Å²) in [5.41, 5.74) is 0. The van der Waals surface area contributed by atoms with Crippen molar-refractivity contribution in [2.45, 2.75) is 13.8 Å². The Morgan fingerprint density at radius 1 is 0.800 bits per heavy atom. The summed E-state index contributed by atoms with van der Waals surface area (Å²) >= 11 is 4.59. The molecule has 0 aromatic heterocycles. The van der Waals surface area contributed by atoms with Gasteiger partial charge in [-0.3, -0.25) is 0 Å². The lowest BCUT2D eigenvalue weighted by Crippen LogP contribution is -1.68. The molecule has 0 saturated carbocycles. The van der Waals surface area contributed by atoms with Crippen LogP contribution in [0.15, 0.2) is 24.3 Å². The highest BCUT2D eigenvalue weighted by Gasteiger charge is 1.82. The van der Waals surface area contributed by atoms with Crippen molar-refractivity contribution in [2.24, 2.45) is 0 Å². The molecular weight excluding hydrogens is 350 g/mol. The monoisotopic (exact) mass is 360 g/mol. The van der Waals surface area contributed by atoms with Crippen molar-refractivity contribution in [1.82, 2.24) is 0 Å². The Labute approximate surface area is 89.7 Å². The minimum atomic E-state index is 1.29.